The van der Waals surface area contributed by atoms with Crippen LogP contribution < -0.4 is 25.8 Å². The van der Waals surface area contributed by atoms with Crippen LogP contribution in [0.2, 0.25) is 0 Å². The molecule has 58 heavy (non-hydrogen) atoms. The van der Waals surface area contributed by atoms with E-state index in [1.165, 1.54) is 11.3 Å². The van der Waals surface area contributed by atoms with Crippen molar-refractivity contribution < 1.29 is 33.8 Å². The molecule has 0 aliphatic carbocycles. The van der Waals surface area contributed by atoms with Crippen molar-refractivity contribution in [3.05, 3.63) is 58.5 Å². The summed E-state index contributed by atoms with van der Waals surface area (Å²) in [4.78, 5) is 70.4. The number of hydrogen-bond acceptors (Lipinski definition) is 8. The van der Waals surface area contributed by atoms with Crippen molar-refractivity contribution in [3.8, 4) is 5.75 Å². The fourth-order valence-electron chi connectivity index (χ4n) is 7.93. The van der Waals surface area contributed by atoms with Gasteiger partial charge < -0.3 is 35.6 Å². The molecule has 2 aliphatic rings. The third-order valence-electron chi connectivity index (χ3n) is 10.7. The van der Waals surface area contributed by atoms with Gasteiger partial charge in [0.2, 0.25) is 23.6 Å². The lowest BCUT2D eigenvalue weighted by atomic mass is 9.95. The Labute approximate surface area is 352 Å². The first-order valence-electron chi connectivity index (χ1n) is 19.6. The number of aryl methyl sites for hydroxylation is 1. The van der Waals surface area contributed by atoms with E-state index in [1.54, 1.807) is 63.5 Å². The largest absolute Gasteiger partial charge is 0.506 e. The normalized spacial score (nSPS) is 17.3. The molecule has 6 rings (SSSR count). The van der Waals surface area contributed by atoms with Gasteiger partial charge in [0, 0.05) is 72.1 Å². The number of nitrogens with zero attached hydrogens (tertiary/aromatic N) is 2. The monoisotopic (exact) mass is 851 g/mol. The van der Waals surface area contributed by atoms with E-state index < -0.39 is 35.6 Å². The molecule has 0 unspecified atom stereocenters. The number of alkyl halides is 2. The molecule has 4 aromatic rings. The third kappa shape index (κ3) is 8.72. The summed E-state index contributed by atoms with van der Waals surface area (Å²) in [6.07, 6.45) is -0.223. The number of anilines is 3. The number of thiophene rings is 1. The Morgan fingerprint density at radius 1 is 0.879 bits per heavy atom. The molecule has 1 aromatic heterocycles. The third-order valence-corrected chi connectivity index (χ3v) is 12.5. The Balaban J connectivity index is 1.16. The summed E-state index contributed by atoms with van der Waals surface area (Å²) in [5, 5.41) is 23.6. The maximum Gasteiger partial charge on any atom is 0.408 e. The number of hydrogen-bond donors (Lipinski definition) is 4. The van der Waals surface area contributed by atoms with Crippen LogP contribution in [0.25, 0.3) is 20.9 Å². The first-order chi connectivity index (χ1) is 27.4. The summed E-state index contributed by atoms with van der Waals surface area (Å²) >= 11 is 14.4. The van der Waals surface area contributed by atoms with Gasteiger partial charge in [0.1, 0.15) is 23.4 Å². The summed E-state index contributed by atoms with van der Waals surface area (Å²) in [6.45, 7) is 13.0. The van der Waals surface area contributed by atoms with Crippen LogP contribution in [-0.2, 0) is 23.9 Å². The van der Waals surface area contributed by atoms with Crippen molar-refractivity contribution in [2.24, 2.45) is 5.92 Å². The van der Waals surface area contributed by atoms with Gasteiger partial charge in [-0.2, -0.15) is 0 Å². The first kappa shape index (κ1) is 43.0. The van der Waals surface area contributed by atoms with Gasteiger partial charge in [-0.25, -0.2) is 4.79 Å². The molecule has 3 aromatic carbocycles. The lowest BCUT2D eigenvalue weighted by Gasteiger charge is -2.26. The molecule has 0 fully saturated rings. The van der Waals surface area contributed by atoms with Crippen LogP contribution in [0.1, 0.15) is 89.3 Å². The predicted molar refractivity (Wildman–Crippen MR) is 232 cm³/mol. The number of nitrogens with one attached hydrogen (secondary N) is 3. The number of aromatic hydroxyl groups is 1. The van der Waals surface area contributed by atoms with E-state index in [1.807, 2.05) is 36.6 Å². The number of phenols is 1. The number of phenolic OH excluding ortho intramolecular Hbond substituents is 1. The van der Waals surface area contributed by atoms with Gasteiger partial charge in [0.05, 0.1) is 16.1 Å². The maximum atomic E-state index is 14.0. The molecule has 310 valence electrons. The molecule has 0 radical (unpaired) electrons. The quantitative estimate of drug-likeness (QED) is 0.105. The van der Waals surface area contributed by atoms with E-state index in [0.717, 1.165) is 37.5 Å². The summed E-state index contributed by atoms with van der Waals surface area (Å²) in [7, 11) is 0. The van der Waals surface area contributed by atoms with Crippen LogP contribution in [0, 0.1) is 12.8 Å². The molecule has 0 spiro atoms. The molecule has 3 heterocycles. The van der Waals surface area contributed by atoms with E-state index in [-0.39, 0.29) is 54.0 Å². The first-order valence-corrected chi connectivity index (χ1v) is 21.5. The molecule has 15 heteroatoms. The summed E-state index contributed by atoms with van der Waals surface area (Å²) in [5.74, 6) is -1.17. The molecule has 0 saturated carbocycles. The van der Waals surface area contributed by atoms with Gasteiger partial charge in [-0.1, -0.05) is 38.1 Å². The highest BCUT2D eigenvalue weighted by Gasteiger charge is 2.37. The average Bonchev–Trinajstić information content (AvgIpc) is 3.86. The SMILES string of the molecule is Cc1csc2c(O)cc3c(c12)[C@H](CCl)CN3C(=O)CCCC(=O)N1C[C@@H](CCl)c2c1cc(NC(=O)[C@H](C)NC(=O)[C@@H](NC(=O)OC(C)(C)C)C(C)C)c1ccccc21. The van der Waals surface area contributed by atoms with E-state index in [2.05, 4.69) is 16.0 Å². The Kier molecular flexibility index (Phi) is 12.8. The number of halogens is 2. The number of carbonyl (C=O) groups excluding carboxylic acids is 5. The molecule has 4 N–H and O–H groups in total. The highest BCUT2D eigenvalue weighted by atomic mass is 35.5. The van der Waals surface area contributed by atoms with Crippen molar-refractivity contribution in [3.63, 3.8) is 0 Å². The Morgan fingerprint density at radius 3 is 2.05 bits per heavy atom. The smallest absolute Gasteiger partial charge is 0.408 e. The number of benzene rings is 3. The zero-order valence-corrected chi connectivity index (χ0v) is 36.2. The van der Waals surface area contributed by atoms with Crippen molar-refractivity contribution in [2.45, 2.75) is 97.2 Å². The zero-order valence-electron chi connectivity index (χ0n) is 33.8. The number of amides is 5. The van der Waals surface area contributed by atoms with E-state index in [9.17, 15) is 29.1 Å². The van der Waals surface area contributed by atoms with Crippen LogP contribution in [0.15, 0.2) is 41.8 Å². The number of rotatable bonds is 12. The summed E-state index contributed by atoms with van der Waals surface area (Å²) in [6, 6.07) is 9.04. The minimum absolute atomic E-state index is 0.0749. The predicted octanol–water partition coefficient (Wildman–Crippen LogP) is 8.27. The van der Waals surface area contributed by atoms with Crippen molar-refractivity contribution in [1.82, 2.24) is 10.6 Å². The number of alkyl carbamates (subject to hydrolysis) is 1. The van der Waals surface area contributed by atoms with Gasteiger partial charge in [-0.15, -0.1) is 34.5 Å². The molecular formula is C43H51Cl2N5O7S. The van der Waals surface area contributed by atoms with Crippen molar-refractivity contribution in [1.29, 1.82) is 0 Å². The number of fused-ring (bicyclic) bond motifs is 6. The maximum absolute atomic E-state index is 14.0. The fourth-order valence-corrected chi connectivity index (χ4v) is 9.41. The molecule has 5 amide bonds. The van der Waals surface area contributed by atoms with Crippen LogP contribution in [0.4, 0.5) is 21.9 Å². The standard InChI is InChI=1S/C43H51Cl2N5O7S/c1-22(2)38(48-42(56)57-43(5,6)7)41(55)46-24(4)40(54)47-29-15-30-36(28-12-9-8-11-27(28)29)25(17-44)19-49(30)33(52)13-10-14-34(53)50-20-26(18-45)37-31(50)16-32(51)39-35(37)23(3)21-58-39/h8-9,11-12,15-16,21-22,24-26,38,51H,10,13-14,17-20H2,1-7H3,(H,46,55)(H,47,54)(H,48,56)/t24-,25+,26+,38-/m0/s1. The van der Waals surface area contributed by atoms with E-state index >= 15 is 0 Å². The van der Waals surface area contributed by atoms with Gasteiger partial charge in [0.15, 0.2) is 0 Å². The minimum Gasteiger partial charge on any atom is -0.506 e. The topological polar surface area (TPSA) is 157 Å². The lowest BCUT2D eigenvalue weighted by molar-refractivity contribution is -0.128. The van der Waals surface area contributed by atoms with Crippen LogP contribution >= 0.6 is 34.5 Å². The van der Waals surface area contributed by atoms with Crippen molar-refractivity contribution in [2.75, 3.05) is 40.0 Å². The second kappa shape index (κ2) is 17.3. The number of ether oxygens (including phenoxy) is 1. The summed E-state index contributed by atoms with van der Waals surface area (Å²) in [5.41, 5.74) is 3.90. The Hall–Kier alpha value is -4.59. The molecule has 12 nitrogen and oxygen atoms in total. The van der Waals surface area contributed by atoms with E-state index in [4.69, 9.17) is 27.9 Å². The molecule has 2 aliphatic heterocycles. The van der Waals surface area contributed by atoms with Crippen LogP contribution in [0.3, 0.4) is 0 Å². The van der Waals surface area contributed by atoms with Crippen LogP contribution in [0.5, 0.6) is 5.75 Å². The van der Waals surface area contributed by atoms with Gasteiger partial charge in [0.25, 0.3) is 0 Å². The second-order valence-corrected chi connectivity index (χ2v) is 18.0. The Bertz CT molecular complexity index is 2270. The molecule has 4 atom stereocenters. The highest BCUT2D eigenvalue weighted by Crippen LogP contribution is 2.49. The van der Waals surface area contributed by atoms with Gasteiger partial charge >= 0.3 is 6.09 Å². The lowest BCUT2D eigenvalue weighted by Crippen LogP contribution is -2.54. The van der Waals surface area contributed by atoms with Gasteiger partial charge in [-0.05, 0) is 80.5 Å². The van der Waals surface area contributed by atoms with Gasteiger partial charge in [-0.3, -0.25) is 19.2 Å². The van der Waals surface area contributed by atoms with Crippen LogP contribution in [-0.4, -0.2) is 77.4 Å². The fraction of sp³-hybridized carbons (Fsp3) is 0.465. The molecule has 0 saturated heterocycles. The Morgan fingerprint density at radius 2 is 1.47 bits per heavy atom. The summed E-state index contributed by atoms with van der Waals surface area (Å²) < 4.78 is 6.12. The molecular weight excluding hydrogens is 801 g/mol. The van der Waals surface area contributed by atoms with Crippen molar-refractivity contribution >= 4 is 102 Å². The van der Waals surface area contributed by atoms with E-state index in [0.29, 0.717) is 42.5 Å². The minimum atomic E-state index is -0.987. The zero-order chi connectivity index (χ0) is 42.2. The number of carbonyl (C=O) groups is 5. The second-order valence-electron chi connectivity index (χ2n) is 16.5. The molecule has 0 bridgehead atoms. The highest BCUT2D eigenvalue weighted by molar-refractivity contribution is 7.17. The average molecular weight is 853 g/mol.